The molecule has 9 heteroatoms. The maximum absolute atomic E-state index is 14.2. The zero-order chi connectivity index (χ0) is 26.5. The lowest BCUT2D eigenvalue weighted by Crippen LogP contribution is -2.26. The first-order valence-corrected chi connectivity index (χ1v) is 12.1. The van der Waals surface area contributed by atoms with Gasteiger partial charge in [-0.15, -0.1) is 0 Å². The van der Waals surface area contributed by atoms with Gasteiger partial charge in [0.25, 0.3) is 0 Å². The molecule has 3 rings (SSSR count). The first-order valence-electron chi connectivity index (χ1n) is 11.0. The third-order valence-corrected chi connectivity index (χ3v) is 6.41. The van der Waals surface area contributed by atoms with E-state index in [2.05, 4.69) is 4.40 Å². The second-order valence-corrected chi connectivity index (χ2v) is 10.8. The lowest BCUT2D eigenvalue weighted by molar-refractivity contribution is -0.138. The molecule has 5 nitrogen and oxygen atoms in total. The Balaban J connectivity index is 2.14. The van der Waals surface area contributed by atoms with E-state index in [-0.39, 0.29) is 34.8 Å². The van der Waals surface area contributed by atoms with Gasteiger partial charge >= 0.3 is 12.1 Å². The van der Waals surface area contributed by atoms with E-state index in [1.807, 2.05) is 6.07 Å². The van der Waals surface area contributed by atoms with Gasteiger partial charge in [0.05, 0.1) is 11.8 Å². The fraction of sp³-hybridized carbons (Fsp3) is 0.259. The number of nitrogens with zero attached hydrogens (tertiary/aromatic N) is 1. The summed E-state index contributed by atoms with van der Waals surface area (Å²) in [5.41, 5.74) is -1.42. The number of carbonyl (C=O) groups is 1. The highest BCUT2D eigenvalue weighted by molar-refractivity contribution is 7.91. The lowest BCUT2D eigenvalue weighted by Gasteiger charge is -2.21. The number of hydrogen-bond acceptors (Lipinski definition) is 5. The van der Waals surface area contributed by atoms with Gasteiger partial charge in [0.1, 0.15) is 39.8 Å². The summed E-state index contributed by atoms with van der Waals surface area (Å²) in [4.78, 5) is 13.1. The van der Waals surface area contributed by atoms with E-state index in [0.717, 1.165) is 17.8 Å². The normalized spacial score (nSPS) is 13.0. The van der Waals surface area contributed by atoms with E-state index in [1.54, 1.807) is 63.2 Å². The van der Waals surface area contributed by atoms with Crippen molar-refractivity contribution in [1.29, 1.82) is 0 Å². The number of rotatable bonds is 7. The number of halogens is 3. The van der Waals surface area contributed by atoms with Gasteiger partial charge in [-0.1, -0.05) is 52.9 Å². The SMILES string of the molecule is Cc1c(C(=O)Oc2ccccc2)c(OCc2ccccc2)cc(C=N[S+]([O-])C(C)(C)C)c1C(F)(F)F. The van der Waals surface area contributed by atoms with E-state index >= 15 is 0 Å². The molecule has 190 valence electrons. The highest BCUT2D eigenvalue weighted by Gasteiger charge is 2.39. The van der Waals surface area contributed by atoms with Gasteiger partial charge in [-0.05, 0) is 57.0 Å². The van der Waals surface area contributed by atoms with Crippen molar-refractivity contribution in [3.8, 4) is 11.5 Å². The quantitative estimate of drug-likeness (QED) is 0.151. The number of ether oxygens (including phenoxy) is 2. The van der Waals surface area contributed by atoms with Crippen LogP contribution in [0.3, 0.4) is 0 Å². The van der Waals surface area contributed by atoms with Crippen molar-refractivity contribution in [2.45, 2.75) is 45.2 Å². The van der Waals surface area contributed by atoms with Crippen molar-refractivity contribution in [3.05, 3.63) is 94.5 Å². The highest BCUT2D eigenvalue weighted by atomic mass is 32.2. The molecule has 0 saturated heterocycles. The van der Waals surface area contributed by atoms with Crippen LogP contribution in [0.5, 0.6) is 11.5 Å². The fourth-order valence-electron chi connectivity index (χ4n) is 3.30. The Morgan fingerprint density at radius 1 is 1.03 bits per heavy atom. The maximum Gasteiger partial charge on any atom is 0.417 e. The molecular formula is C27H26F3NO4S. The molecule has 0 radical (unpaired) electrons. The van der Waals surface area contributed by atoms with Crippen molar-refractivity contribution in [1.82, 2.24) is 0 Å². The standard InChI is InChI=1S/C27H26F3NO4S/c1-18-23(25(32)35-21-13-9-6-10-14-21)22(34-17-19-11-7-5-8-12-19)15-20(24(18)27(28,29)30)16-31-36(33)26(2,3)4/h5-16H,17H2,1-4H3. The Labute approximate surface area is 211 Å². The van der Waals surface area contributed by atoms with Gasteiger partial charge in [0.2, 0.25) is 0 Å². The molecule has 0 aliphatic heterocycles. The van der Waals surface area contributed by atoms with Crippen molar-refractivity contribution in [2.24, 2.45) is 4.40 Å². The lowest BCUT2D eigenvalue weighted by atomic mass is 9.95. The molecule has 0 saturated carbocycles. The van der Waals surface area contributed by atoms with Crippen molar-refractivity contribution < 1.29 is 32.0 Å². The number of para-hydroxylation sites is 1. The predicted molar refractivity (Wildman–Crippen MR) is 134 cm³/mol. The average Bonchev–Trinajstić information content (AvgIpc) is 2.80. The third-order valence-electron chi connectivity index (χ3n) is 5.06. The summed E-state index contributed by atoms with van der Waals surface area (Å²) in [6.45, 7) is 6.16. The number of hydrogen-bond donors (Lipinski definition) is 0. The molecule has 3 aromatic carbocycles. The molecule has 0 bridgehead atoms. The van der Waals surface area contributed by atoms with Gasteiger partial charge in [0.15, 0.2) is 0 Å². The number of benzene rings is 3. The van der Waals surface area contributed by atoms with E-state index in [1.165, 1.54) is 19.1 Å². The summed E-state index contributed by atoms with van der Waals surface area (Å²) in [6, 6.07) is 18.1. The van der Waals surface area contributed by atoms with Gasteiger partial charge in [-0.25, -0.2) is 4.79 Å². The first-order chi connectivity index (χ1) is 16.9. The average molecular weight is 518 g/mol. The van der Waals surface area contributed by atoms with E-state index < -0.39 is 33.8 Å². The van der Waals surface area contributed by atoms with Gasteiger partial charge in [-0.2, -0.15) is 13.2 Å². The molecule has 0 aliphatic carbocycles. The molecule has 0 fully saturated rings. The van der Waals surface area contributed by atoms with Gasteiger partial charge in [-0.3, -0.25) is 0 Å². The molecular weight excluding hydrogens is 491 g/mol. The molecule has 1 unspecified atom stereocenters. The second-order valence-electron chi connectivity index (χ2n) is 8.91. The minimum atomic E-state index is -4.83. The Bertz CT molecular complexity index is 1220. The first kappa shape index (κ1) is 27.3. The number of alkyl halides is 3. The molecule has 0 aromatic heterocycles. The van der Waals surface area contributed by atoms with Crippen LogP contribution < -0.4 is 9.47 Å². The van der Waals surface area contributed by atoms with Crippen molar-refractivity contribution in [2.75, 3.05) is 0 Å². The zero-order valence-corrected chi connectivity index (χ0v) is 21.1. The van der Waals surface area contributed by atoms with Crippen molar-refractivity contribution in [3.63, 3.8) is 0 Å². The Kier molecular flexibility index (Phi) is 8.47. The molecule has 0 N–H and O–H groups in total. The molecule has 0 amide bonds. The minimum Gasteiger partial charge on any atom is -0.591 e. The zero-order valence-electron chi connectivity index (χ0n) is 20.3. The van der Waals surface area contributed by atoms with Crippen LogP contribution >= 0.6 is 0 Å². The van der Waals surface area contributed by atoms with E-state index in [4.69, 9.17) is 9.47 Å². The number of carbonyl (C=O) groups excluding carboxylic acids is 1. The molecule has 1 atom stereocenters. The van der Waals surface area contributed by atoms with Crippen molar-refractivity contribution >= 4 is 23.5 Å². The van der Waals surface area contributed by atoms with Gasteiger partial charge < -0.3 is 14.0 Å². The summed E-state index contributed by atoms with van der Waals surface area (Å²) in [5.74, 6) is -0.919. The summed E-state index contributed by atoms with van der Waals surface area (Å²) in [6.07, 6.45) is -3.91. The molecule has 3 aromatic rings. The smallest absolute Gasteiger partial charge is 0.417 e. The minimum absolute atomic E-state index is 0.00175. The molecule has 0 spiro atoms. The second kappa shape index (κ2) is 11.2. The fourth-order valence-corrected chi connectivity index (χ4v) is 3.83. The largest absolute Gasteiger partial charge is 0.591 e. The predicted octanol–water partition coefficient (Wildman–Crippen LogP) is 6.69. The van der Waals surface area contributed by atoms with Crippen LogP contribution in [-0.4, -0.2) is 21.5 Å². The Morgan fingerprint density at radius 3 is 2.17 bits per heavy atom. The number of esters is 1. The summed E-state index contributed by atoms with van der Waals surface area (Å²) >= 11 is -1.79. The Hall–Kier alpha value is -3.30. The van der Waals surface area contributed by atoms with Crippen LogP contribution in [0.1, 0.15) is 53.4 Å². The van der Waals surface area contributed by atoms with E-state index in [0.29, 0.717) is 0 Å². The van der Waals surface area contributed by atoms with Crippen LogP contribution in [0.2, 0.25) is 0 Å². The summed E-state index contributed by atoms with van der Waals surface area (Å²) in [7, 11) is 0. The van der Waals surface area contributed by atoms with Crippen LogP contribution in [0.25, 0.3) is 0 Å². The maximum atomic E-state index is 14.2. The van der Waals surface area contributed by atoms with Crippen LogP contribution in [0, 0.1) is 6.92 Å². The summed E-state index contributed by atoms with van der Waals surface area (Å²) in [5, 5.41) is 0. The van der Waals surface area contributed by atoms with E-state index in [9.17, 15) is 22.5 Å². The molecule has 36 heavy (non-hydrogen) atoms. The monoisotopic (exact) mass is 517 g/mol. The molecule has 0 aliphatic rings. The highest BCUT2D eigenvalue weighted by Crippen LogP contribution is 2.40. The third kappa shape index (κ3) is 6.89. The molecule has 0 heterocycles. The van der Waals surface area contributed by atoms with Gasteiger partial charge in [0, 0.05) is 5.56 Å². The van der Waals surface area contributed by atoms with Crippen LogP contribution in [0.15, 0.2) is 71.1 Å². The Morgan fingerprint density at radius 2 is 1.61 bits per heavy atom. The van der Waals surface area contributed by atoms with Crippen LogP contribution in [-0.2, 0) is 24.1 Å². The van der Waals surface area contributed by atoms with Crippen LogP contribution in [0.4, 0.5) is 13.2 Å². The topological polar surface area (TPSA) is 71.0 Å². The summed E-state index contributed by atoms with van der Waals surface area (Å²) < 4.78 is 69.2.